The number of rotatable bonds is 5. The number of ether oxygens (including phenoxy) is 2. The van der Waals surface area contributed by atoms with Gasteiger partial charge < -0.3 is 9.47 Å². The van der Waals surface area contributed by atoms with E-state index in [1.165, 1.54) is 12.1 Å². The highest BCUT2D eigenvalue weighted by Gasteiger charge is 2.30. The zero-order valence-corrected chi connectivity index (χ0v) is 14.8. The van der Waals surface area contributed by atoms with Gasteiger partial charge in [0, 0.05) is 6.07 Å². The standard InChI is InChI=1S/C18H12BrF3N2O2/c19-15-10-16(25-11-12-5-2-1-3-6-12)24-17(23-15)26-14-8-4-7-13(9-14)18(20,21)22/h1-10H,11H2. The Morgan fingerprint density at radius 2 is 1.69 bits per heavy atom. The molecule has 1 heterocycles. The van der Waals surface area contributed by atoms with Crippen LogP contribution in [0.4, 0.5) is 13.2 Å². The highest BCUT2D eigenvalue weighted by Crippen LogP contribution is 2.32. The van der Waals surface area contributed by atoms with Crippen molar-refractivity contribution in [1.29, 1.82) is 0 Å². The number of halogens is 4. The highest BCUT2D eigenvalue weighted by molar-refractivity contribution is 9.10. The van der Waals surface area contributed by atoms with Gasteiger partial charge in [0.25, 0.3) is 0 Å². The number of benzene rings is 2. The summed E-state index contributed by atoms with van der Waals surface area (Å²) < 4.78 is 49.7. The van der Waals surface area contributed by atoms with Gasteiger partial charge in [0.05, 0.1) is 5.56 Å². The van der Waals surface area contributed by atoms with E-state index >= 15 is 0 Å². The molecule has 0 N–H and O–H groups in total. The van der Waals surface area contributed by atoms with E-state index in [9.17, 15) is 13.2 Å². The molecule has 0 fully saturated rings. The molecular formula is C18H12BrF3N2O2. The number of hydrogen-bond donors (Lipinski definition) is 0. The maximum Gasteiger partial charge on any atom is 0.416 e. The van der Waals surface area contributed by atoms with E-state index in [0.29, 0.717) is 4.60 Å². The zero-order chi connectivity index (χ0) is 18.6. The summed E-state index contributed by atoms with van der Waals surface area (Å²) in [6.45, 7) is 0.285. The van der Waals surface area contributed by atoms with Crippen LogP contribution in [0.15, 0.2) is 65.3 Å². The van der Waals surface area contributed by atoms with Crippen LogP contribution < -0.4 is 9.47 Å². The Bertz CT molecular complexity index is 889. The summed E-state index contributed by atoms with van der Waals surface area (Å²) in [6.07, 6.45) is -4.46. The first-order valence-corrected chi connectivity index (χ1v) is 8.26. The maximum absolute atomic E-state index is 12.8. The average Bonchev–Trinajstić information content (AvgIpc) is 2.60. The quantitative estimate of drug-likeness (QED) is 0.497. The largest absolute Gasteiger partial charge is 0.473 e. The van der Waals surface area contributed by atoms with Crippen molar-refractivity contribution >= 4 is 15.9 Å². The van der Waals surface area contributed by atoms with Crippen LogP contribution in [-0.4, -0.2) is 9.97 Å². The molecular weight excluding hydrogens is 413 g/mol. The van der Waals surface area contributed by atoms with E-state index < -0.39 is 11.7 Å². The molecule has 0 saturated heterocycles. The van der Waals surface area contributed by atoms with Crippen LogP contribution in [0, 0.1) is 0 Å². The van der Waals surface area contributed by atoms with Gasteiger partial charge in [0.2, 0.25) is 5.88 Å². The molecule has 0 bridgehead atoms. The molecule has 0 amide bonds. The van der Waals surface area contributed by atoms with Gasteiger partial charge in [-0.05, 0) is 39.7 Å². The van der Waals surface area contributed by atoms with Crippen LogP contribution in [0.1, 0.15) is 11.1 Å². The summed E-state index contributed by atoms with van der Waals surface area (Å²) in [5, 5.41) is 0. The molecule has 8 heteroatoms. The van der Waals surface area contributed by atoms with Crippen molar-refractivity contribution in [2.75, 3.05) is 0 Å². The van der Waals surface area contributed by atoms with Gasteiger partial charge in [-0.1, -0.05) is 36.4 Å². The van der Waals surface area contributed by atoms with Crippen molar-refractivity contribution in [3.8, 4) is 17.6 Å². The van der Waals surface area contributed by atoms with Crippen LogP contribution in [0.25, 0.3) is 0 Å². The molecule has 0 atom stereocenters. The Kier molecular flexibility index (Phi) is 5.41. The molecule has 0 unspecified atom stereocenters. The predicted octanol–water partition coefficient (Wildman–Crippen LogP) is 5.63. The first kappa shape index (κ1) is 18.2. The SMILES string of the molecule is FC(F)(F)c1cccc(Oc2nc(Br)cc(OCc3ccccc3)n2)c1. The molecule has 26 heavy (non-hydrogen) atoms. The van der Waals surface area contributed by atoms with Gasteiger partial charge in [-0.2, -0.15) is 23.1 Å². The average molecular weight is 425 g/mol. The van der Waals surface area contributed by atoms with Gasteiger partial charge in [-0.15, -0.1) is 0 Å². The molecule has 0 saturated carbocycles. The molecule has 134 valence electrons. The third-order valence-electron chi connectivity index (χ3n) is 3.25. The second-order valence-corrected chi connectivity index (χ2v) is 6.03. The molecule has 3 aromatic rings. The smallest absolute Gasteiger partial charge is 0.416 e. The molecule has 2 aromatic carbocycles. The summed E-state index contributed by atoms with van der Waals surface area (Å²) in [7, 11) is 0. The fraction of sp³-hybridized carbons (Fsp3) is 0.111. The fourth-order valence-electron chi connectivity index (χ4n) is 2.07. The molecule has 0 aliphatic heterocycles. The topological polar surface area (TPSA) is 44.2 Å². The van der Waals surface area contributed by atoms with Crippen LogP contribution >= 0.6 is 15.9 Å². The molecule has 0 aliphatic rings. The third kappa shape index (κ3) is 4.95. The van der Waals surface area contributed by atoms with Crippen LogP contribution in [0.3, 0.4) is 0 Å². The summed E-state index contributed by atoms with van der Waals surface area (Å²) in [6, 6.07) is 15.4. The first-order valence-electron chi connectivity index (χ1n) is 7.46. The molecule has 1 aromatic heterocycles. The fourth-order valence-corrected chi connectivity index (χ4v) is 2.42. The molecule has 0 aliphatic carbocycles. The Morgan fingerprint density at radius 3 is 2.42 bits per heavy atom. The first-order chi connectivity index (χ1) is 12.4. The lowest BCUT2D eigenvalue weighted by atomic mass is 10.2. The van der Waals surface area contributed by atoms with Gasteiger partial charge in [0.15, 0.2) is 0 Å². The Labute approximate surface area is 155 Å². The number of aromatic nitrogens is 2. The minimum atomic E-state index is -4.46. The van der Waals surface area contributed by atoms with Gasteiger partial charge in [-0.25, -0.2) is 0 Å². The van der Waals surface area contributed by atoms with Crippen molar-refractivity contribution in [3.63, 3.8) is 0 Å². The van der Waals surface area contributed by atoms with E-state index in [-0.39, 0.29) is 24.2 Å². The molecule has 0 radical (unpaired) electrons. The summed E-state index contributed by atoms with van der Waals surface area (Å²) >= 11 is 3.21. The van der Waals surface area contributed by atoms with E-state index in [1.54, 1.807) is 6.07 Å². The predicted molar refractivity (Wildman–Crippen MR) is 92.0 cm³/mol. The highest BCUT2D eigenvalue weighted by atomic mass is 79.9. The number of nitrogens with zero attached hydrogens (tertiary/aromatic N) is 2. The van der Waals surface area contributed by atoms with E-state index in [1.807, 2.05) is 30.3 Å². The van der Waals surface area contributed by atoms with Gasteiger partial charge in [0.1, 0.15) is 17.0 Å². The lowest BCUT2D eigenvalue weighted by Crippen LogP contribution is -2.05. The van der Waals surface area contributed by atoms with Crippen LogP contribution in [0.5, 0.6) is 17.6 Å². The minimum Gasteiger partial charge on any atom is -0.473 e. The van der Waals surface area contributed by atoms with E-state index in [4.69, 9.17) is 9.47 Å². The minimum absolute atomic E-state index is 0.0214. The van der Waals surface area contributed by atoms with Crippen LogP contribution in [-0.2, 0) is 12.8 Å². The van der Waals surface area contributed by atoms with Crippen molar-refractivity contribution in [1.82, 2.24) is 9.97 Å². The Balaban J connectivity index is 1.75. The summed E-state index contributed by atoms with van der Waals surface area (Å²) in [5.41, 5.74) is 0.133. The maximum atomic E-state index is 12.8. The van der Waals surface area contributed by atoms with E-state index in [2.05, 4.69) is 25.9 Å². The van der Waals surface area contributed by atoms with Crippen molar-refractivity contribution in [2.24, 2.45) is 0 Å². The monoisotopic (exact) mass is 424 g/mol. The Hall–Kier alpha value is -2.61. The zero-order valence-electron chi connectivity index (χ0n) is 13.2. The van der Waals surface area contributed by atoms with Crippen LogP contribution in [0.2, 0.25) is 0 Å². The van der Waals surface area contributed by atoms with Gasteiger partial charge >= 0.3 is 12.2 Å². The lowest BCUT2D eigenvalue weighted by molar-refractivity contribution is -0.137. The number of alkyl halides is 3. The lowest BCUT2D eigenvalue weighted by Gasteiger charge is -2.10. The second kappa shape index (κ2) is 7.74. The molecule has 3 rings (SSSR count). The molecule has 0 spiro atoms. The molecule has 4 nitrogen and oxygen atoms in total. The second-order valence-electron chi connectivity index (χ2n) is 5.21. The number of hydrogen-bond acceptors (Lipinski definition) is 4. The van der Waals surface area contributed by atoms with Crippen molar-refractivity contribution < 1.29 is 22.6 Å². The van der Waals surface area contributed by atoms with E-state index in [0.717, 1.165) is 17.7 Å². The normalized spacial score (nSPS) is 11.2. The summed E-state index contributed by atoms with van der Waals surface area (Å²) in [4.78, 5) is 8.07. The summed E-state index contributed by atoms with van der Waals surface area (Å²) in [5.74, 6) is 0.213. The third-order valence-corrected chi connectivity index (χ3v) is 3.66. The Morgan fingerprint density at radius 1 is 0.923 bits per heavy atom. The van der Waals surface area contributed by atoms with Gasteiger partial charge in [-0.3, -0.25) is 0 Å². The van der Waals surface area contributed by atoms with Crippen molar-refractivity contribution in [3.05, 3.63) is 76.4 Å². The van der Waals surface area contributed by atoms with Crippen molar-refractivity contribution in [2.45, 2.75) is 12.8 Å².